The number of nitrogens with zero attached hydrogens (tertiary/aromatic N) is 1. The molecule has 0 saturated heterocycles. The normalized spacial score (nSPS) is 32.2. The zero-order chi connectivity index (χ0) is 9.84. The second-order valence-corrected chi connectivity index (χ2v) is 2.51. The molecule has 5 heteroatoms. The van der Waals surface area contributed by atoms with Gasteiger partial charge >= 0.3 is 5.97 Å². The number of rotatable bonds is 1. The molecule has 0 radical (unpaired) electrons. The first-order chi connectivity index (χ1) is 6.19. The molecule has 0 aromatic rings. The summed E-state index contributed by atoms with van der Waals surface area (Å²) in [6.45, 7) is 0. The first-order valence-electron chi connectivity index (χ1n) is 3.68. The minimum Gasteiger partial charge on any atom is -0.467 e. The highest BCUT2D eigenvalue weighted by Crippen LogP contribution is 2.13. The van der Waals surface area contributed by atoms with Gasteiger partial charge in [-0.3, -0.25) is 0 Å². The lowest BCUT2D eigenvalue weighted by Gasteiger charge is -2.24. The van der Waals surface area contributed by atoms with Crippen LogP contribution in [-0.2, 0) is 14.3 Å². The van der Waals surface area contributed by atoms with Crippen molar-refractivity contribution in [2.24, 2.45) is 0 Å². The Morgan fingerprint density at radius 3 is 2.92 bits per heavy atom. The molecule has 1 N–H and O–H groups in total. The molecule has 3 unspecified atom stereocenters. The standard InChI is InChI=1S/C8H9NO4/c1-12-8(11)7-6(10)3-2-5(4-9)13-7/h2-3,5-7,10H,1H3. The predicted octanol–water partition coefficient (Wildman–Crippen LogP) is -0.633. The lowest BCUT2D eigenvalue weighted by atomic mass is 10.1. The summed E-state index contributed by atoms with van der Waals surface area (Å²) >= 11 is 0. The van der Waals surface area contributed by atoms with Gasteiger partial charge in [-0.1, -0.05) is 6.08 Å². The molecule has 0 bridgehead atoms. The van der Waals surface area contributed by atoms with Crippen LogP contribution in [0.15, 0.2) is 12.2 Å². The van der Waals surface area contributed by atoms with Gasteiger partial charge in [-0.15, -0.1) is 0 Å². The second kappa shape index (κ2) is 4.03. The van der Waals surface area contributed by atoms with E-state index < -0.39 is 24.3 Å². The van der Waals surface area contributed by atoms with Gasteiger partial charge in [0, 0.05) is 0 Å². The average molecular weight is 183 g/mol. The van der Waals surface area contributed by atoms with E-state index in [2.05, 4.69) is 4.74 Å². The van der Waals surface area contributed by atoms with Crippen LogP contribution in [-0.4, -0.2) is 36.5 Å². The summed E-state index contributed by atoms with van der Waals surface area (Å²) in [6.07, 6.45) is -0.201. The van der Waals surface area contributed by atoms with E-state index in [1.165, 1.54) is 19.3 Å². The van der Waals surface area contributed by atoms with Gasteiger partial charge in [0.1, 0.15) is 6.10 Å². The molecule has 70 valence electrons. The number of nitriles is 1. The van der Waals surface area contributed by atoms with Crippen molar-refractivity contribution in [1.29, 1.82) is 5.26 Å². The van der Waals surface area contributed by atoms with Crippen LogP contribution in [0, 0.1) is 11.3 Å². The first kappa shape index (κ1) is 9.71. The molecule has 1 aliphatic rings. The van der Waals surface area contributed by atoms with E-state index in [1.54, 1.807) is 6.07 Å². The zero-order valence-electron chi connectivity index (χ0n) is 7.01. The van der Waals surface area contributed by atoms with Crippen molar-refractivity contribution in [3.63, 3.8) is 0 Å². The van der Waals surface area contributed by atoms with E-state index in [0.717, 1.165) is 0 Å². The summed E-state index contributed by atoms with van der Waals surface area (Å²) in [5, 5.41) is 17.8. The SMILES string of the molecule is COC(=O)C1OC(C#N)C=CC1O. The monoisotopic (exact) mass is 183 g/mol. The molecule has 0 fully saturated rings. The lowest BCUT2D eigenvalue weighted by Crippen LogP contribution is -2.41. The van der Waals surface area contributed by atoms with Crippen LogP contribution in [0.4, 0.5) is 0 Å². The summed E-state index contributed by atoms with van der Waals surface area (Å²) in [5.41, 5.74) is 0. The molecule has 1 heterocycles. The lowest BCUT2D eigenvalue weighted by molar-refractivity contribution is -0.162. The maximum absolute atomic E-state index is 11.0. The van der Waals surface area contributed by atoms with E-state index in [1.807, 2.05) is 0 Å². The van der Waals surface area contributed by atoms with Crippen LogP contribution >= 0.6 is 0 Å². The second-order valence-electron chi connectivity index (χ2n) is 2.51. The van der Waals surface area contributed by atoms with Gasteiger partial charge in [0.15, 0.2) is 12.2 Å². The molecule has 0 aliphatic carbocycles. The van der Waals surface area contributed by atoms with E-state index >= 15 is 0 Å². The van der Waals surface area contributed by atoms with Gasteiger partial charge in [-0.25, -0.2) is 4.79 Å². The quantitative estimate of drug-likeness (QED) is 0.432. The number of hydrogen-bond donors (Lipinski definition) is 1. The molecule has 5 nitrogen and oxygen atoms in total. The number of ether oxygens (including phenoxy) is 2. The Hall–Kier alpha value is -1.38. The van der Waals surface area contributed by atoms with Crippen LogP contribution in [0.5, 0.6) is 0 Å². The molecule has 0 amide bonds. The average Bonchev–Trinajstić information content (AvgIpc) is 2.17. The number of methoxy groups -OCH3 is 1. The Balaban J connectivity index is 2.72. The summed E-state index contributed by atoms with van der Waals surface area (Å²) in [4.78, 5) is 11.0. The van der Waals surface area contributed by atoms with E-state index in [-0.39, 0.29) is 0 Å². The molecule has 13 heavy (non-hydrogen) atoms. The van der Waals surface area contributed by atoms with Crippen molar-refractivity contribution >= 4 is 5.97 Å². The Bertz CT molecular complexity index is 268. The highest BCUT2D eigenvalue weighted by molar-refractivity contribution is 5.76. The Labute approximate surface area is 75.2 Å². The molecule has 0 spiro atoms. The minimum atomic E-state index is -1.10. The fraction of sp³-hybridized carbons (Fsp3) is 0.500. The number of carbonyl (C=O) groups is 1. The van der Waals surface area contributed by atoms with Crippen molar-refractivity contribution in [2.45, 2.75) is 18.3 Å². The molecule has 0 saturated carbocycles. The van der Waals surface area contributed by atoms with Crippen molar-refractivity contribution in [1.82, 2.24) is 0 Å². The summed E-state index contributed by atoms with van der Waals surface area (Å²) in [6, 6.07) is 1.81. The third-order valence-electron chi connectivity index (χ3n) is 1.65. The highest BCUT2D eigenvalue weighted by Gasteiger charge is 2.32. The van der Waals surface area contributed by atoms with Gasteiger partial charge in [0.05, 0.1) is 13.2 Å². The summed E-state index contributed by atoms with van der Waals surface area (Å²) in [7, 11) is 1.19. The fourth-order valence-corrected chi connectivity index (χ4v) is 0.984. The summed E-state index contributed by atoms with van der Waals surface area (Å²) in [5.74, 6) is -0.683. The predicted molar refractivity (Wildman–Crippen MR) is 41.4 cm³/mol. The Kier molecular flexibility index (Phi) is 3.01. The van der Waals surface area contributed by atoms with Crippen LogP contribution in [0.1, 0.15) is 0 Å². The van der Waals surface area contributed by atoms with Gasteiger partial charge in [-0.2, -0.15) is 5.26 Å². The third kappa shape index (κ3) is 2.05. The van der Waals surface area contributed by atoms with Crippen molar-refractivity contribution in [3.05, 3.63) is 12.2 Å². The molecular weight excluding hydrogens is 174 g/mol. The van der Waals surface area contributed by atoms with Crippen LogP contribution in [0.25, 0.3) is 0 Å². The maximum Gasteiger partial charge on any atom is 0.338 e. The maximum atomic E-state index is 11.0. The number of esters is 1. The van der Waals surface area contributed by atoms with E-state index in [4.69, 9.17) is 10.00 Å². The minimum absolute atomic E-state index is 0.683. The number of carbonyl (C=O) groups excluding carboxylic acids is 1. The first-order valence-corrected chi connectivity index (χ1v) is 3.68. The molecule has 3 atom stereocenters. The summed E-state index contributed by atoms with van der Waals surface area (Å²) < 4.78 is 9.31. The van der Waals surface area contributed by atoms with Crippen molar-refractivity contribution in [2.75, 3.05) is 7.11 Å². The van der Waals surface area contributed by atoms with E-state index in [9.17, 15) is 9.90 Å². The number of aliphatic hydroxyl groups is 1. The molecule has 0 aromatic heterocycles. The van der Waals surface area contributed by atoms with Gasteiger partial charge in [-0.05, 0) is 6.08 Å². The molecule has 0 aromatic carbocycles. The largest absolute Gasteiger partial charge is 0.467 e. The van der Waals surface area contributed by atoms with Crippen LogP contribution in [0.2, 0.25) is 0 Å². The molecular formula is C8H9NO4. The topological polar surface area (TPSA) is 79.5 Å². The molecule has 1 rings (SSSR count). The van der Waals surface area contributed by atoms with E-state index in [0.29, 0.717) is 0 Å². The van der Waals surface area contributed by atoms with Gasteiger partial charge in [0.2, 0.25) is 0 Å². The van der Waals surface area contributed by atoms with Crippen molar-refractivity contribution < 1.29 is 19.4 Å². The highest BCUT2D eigenvalue weighted by atomic mass is 16.6. The number of aliphatic hydroxyl groups excluding tert-OH is 1. The van der Waals surface area contributed by atoms with Crippen LogP contribution < -0.4 is 0 Å². The van der Waals surface area contributed by atoms with Gasteiger partial charge in [0.25, 0.3) is 0 Å². The number of hydrogen-bond acceptors (Lipinski definition) is 5. The fourth-order valence-electron chi connectivity index (χ4n) is 0.984. The Morgan fingerprint density at radius 1 is 1.69 bits per heavy atom. The Morgan fingerprint density at radius 2 is 2.38 bits per heavy atom. The third-order valence-corrected chi connectivity index (χ3v) is 1.65. The molecule has 1 aliphatic heterocycles. The van der Waals surface area contributed by atoms with Gasteiger partial charge < -0.3 is 14.6 Å². The van der Waals surface area contributed by atoms with Crippen LogP contribution in [0.3, 0.4) is 0 Å². The van der Waals surface area contributed by atoms with Crippen molar-refractivity contribution in [3.8, 4) is 6.07 Å². The zero-order valence-corrected chi connectivity index (χ0v) is 7.01. The smallest absolute Gasteiger partial charge is 0.338 e.